The Morgan fingerprint density at radius 1 is 0.574 bits per heavy atom. The first-order chi connectivity index (χ1) is 22.3. The van der Waals surface area contributed by atoms with E-state index < -0.39 is 17.9 Å². The first kappa shape index (κ1) is 40.0. The van der Waals surface area contributed by atoms with E-state index in [9.17, 15) is 44.1 Å². The van der Waals surface area contributed by atoms with Crippen LogP contribution in [0.4, 0.5) is 0 Å². The molecular weight excluding hydrogens is 616 g/mol. The minimum absolute atomic E-state index is 0.00783. The van der Waals surface area contributed by atoms with Crippen molar-refractivity contribution in [2.24, 2.45) is 5.92 Å². The highest BCUT2D eigenvalue weighted by Gasteiger charge is 2.25. The second-order valence-corrected chi connectivity index (χ2v) is 12.4. The average molecular weight is 671 g/mol. The Morgan fingerprint density at radius 3 is 1.19 bits per heavy atom. The van der Waals surface area contributed by atoms with E-state index in [0.29, 0.717) is 58.3 Å². The fourth-order valence-electron chi connectivity index (χ4n) is 5.91. The molecule has 2 aliphatic heterocycles. The summed E-state index contributed by atoms with van der Waals surface area (Å²) in [7, 11) is 1.80. The number of Topliss-reactive ketones (excluding diaryl/α,β-unsaturated/α-hetero) is 1. The van der Waals surface area contributed by atoms with E-state index in [1.165, 1.54) is 0 Å². The Hall–Kier alpha value is -3.22. The molecule has 2 heterocycles. The van der Waals surface area contributed by atoms with Crippen molar-refractivity contribution in [3.8, 4) is 0 Å². The van der Waals surface area contributed by atoms with Crippen molar-refractivity contribution in [3.05, 3.63) is 0 Å². The molecule has 0 aromatic carbocycles. The fraction of sp³-hybridized carbons (Fsp3) is 0.800. The molecule has 0 saturated carbocycles. The third-order valence-electron chi connectivity index (χ3n) is 8.63. The third kappa shape index (κ3) is 17.5. The van der Waals surface area contributed by atoms with Gasteiger partial charge in [0.05, 0.1) is 38.8 Å². The van der Waals surface area contributed by atoms with Crippen LogP contribution in [0.3, 0.4) is 0 Å². The highest BCUT2D eigenvalue weighted by Crippen LogP contribution is 2.22. The van der Waals surface area contributed by atoms with Crippen LogP contribution in [0.25, 0.3) is 0 Å². The second-order valence-electron chi connectivity index (χ2n) is 12.4. The molecule has 0 bridgehead atoms. The minimum atomic E-state index is -1.02. The molecule has 47 heavy (non-hydrogen) atoms. The van der Waals surface area contributed by atoms with Crippen molar-refractivity contribution in [1.82, 2.24) is 40.4 Å². The minimum Gasteiger partial charge on any atom is -0.480 e. The Morgan fingerprint density at radius 2 is 0.894 bits per heavy atom. The summed E-state index contributed by atoms with van der Waals surface area (Å²) in [5, 5.41) is 36.7. The number of aliphatic carboxylic acids is 3. The molecule has 6 N–H and O–H groups in total. The Bertz CT molecular complexity index is 1010. The topological polar surface area (TPSA) is 215 Å². The molecule has 17 nitrogen and oxygen atoms in total. The Balaban J connectivity index is 1.82. The van der Waals surface area contributed by atoms with Crippen LogP contribution >= 0.6 is 0 Å². The number of carbonyl (C=O) groups excluding carboxylic acids is 3. The van der Waals surface area contributed by atoms with Crippen LogP contribution in [0.1, 0.15) is 26.2 Å². The van der Waals surface area contributed by atoms with Gasteiger partial charge in [-0.05, 0) is 52.2 Å². The van der Waals surface area contributed by atoms with Gasteiger partial charge >= 0.3 is 17.9 Å². The Kier molecular flexibility index (Phi) is 18.4. The van der Waals surface area contributed by atoms with E-state index in [2.05, 4.69) is 20.9 Å². The number of nitrogens with one attached hydrogen (secondary N) is 3. The van der Waals surface area contributed by atoms with Gasteiger partial charge in [0.1, 0.15) is 5.78 Å². The number of likely N-dealkylation sites (N-methyl/N-ethyl adjacent to an activating group) is 1. The number of hydrogen-bond acceptors (Lipinski definition) is 12. The standard InChI is InChI=1S/C30H54N8O9/c1-23(39)25(31-2)17-24-3-7-34(8-4-24)18-26(40)32-5-6-33-27(41)19-35-9-11-36(20-28(42)43)13-15-38(22-30(46)47)16-14-37(12-10-35)21-29(44)45/h24-25,31H,3-22H2,1-2H3,(H,32,40)(H,33,41)(H,42,43)(H,44,45)(H,46,47). The van der Waals surface area contributed by atoms with Gasteiger partial charge in [0, 0.05) is 65.4 Å². The number of rotatable bonds is 17. The van der Waals surface area contributed by atoms with Gasteiger partial charge in [-0.15, -0.1) is 0 Å². The van der Waals surface area contributed by atoms with Gasteiger partial charge < -0.3 is 31.3 Å². The molecule has 2 rings (SSSR count). The molecule has 2 amide bonds. The van der Waals surface area contributed by atoms with E-state index in [-0.39, 0.29) is 69.5 Å². The lowest BCUT2D eigenvalue weighted by Gasteiger charge is -2.33. The molecular formula is C30H54N8O9. The normalized spacial score (nSPS) is 19.6. The number of hydrogen-bond donors (Lipinski definition) is 6. The summed E-state index contributed by atoms with van der Waals surface area (Å²) in [5.74, 6) is -2.88. The van der Waals surface area contributed by atoms with E-state index >= 15 is 0 Å². The SMILES string of the molecule is CNC(CC1CCN(CC(=O)NCCNC(=O)CN2CCN(CC(=O)O)CCN(CC(=O)O)CCN(CC(=O)O)CC2)CC1)C(C)=O. The summed E-state index contributed by atoms with van der Waals surface area (Å²) in [4.78, 5) is 80.2. The lowest BCUT2D eigenvalue weighted by molar-refractivity contribution is -0.140. The zero-order chi connectivity index (χ0) is 34.8. The van der Waals surface area contributed by atoms with E-state index in [1.54, 1.807) is 28.7 Å². The predicted octanol–water partition coefficient (Wildman–Crippen LogP) is -3.03. The van der Waals surface area contributed by atoms with Gasteiger partial charge in [-0.2, -0.15) is 0 Å². The molecule has 1 atom stereocenters. The van der Waals surface area contributed by atoms with Gasteiger partial charge in [-0.1, -0.05) is 0 Å². The number of carboxylic acid groups (broad SMARTS) is 3. The summed E-state index contributed by atoms with van der Waals surface area (Å²) in [5.41, 5.74) is 0. The molecule has 0 aliphatic carbocycles. The summed E-state index contributed by atoms with van der Waals surface area (Å²) >= 11 is 0. The maximum Gasteiger partial charge on any atom is 0.317 e. The van der Waals surface area contributed by atoms with E-state index in [4.69, 9.17) is 0 Å². The van der Waals surface area contributed by atoms with Crippen LogP contribution in [0, 0.1) is 5.92 Å². The highest BCUT2D eigenvalue weighted by molar-refractivity contribution is 5.81. The van der Waals surface area contributed by atoms with Crippen molar-refractivity contribution in [2.75, 3.05) is 118 Å². The number of carboxylic acids is 3. The van der Waals surface area contributed by atoms with Crippen molar-refractivity contribution in [2.45, 2.75) is 32.2 Å². The summed E-state index contributed by atoms with van der Waals surface area (Å²) in [6.45, 7) is 5.73. The molecule has 0 spiro atoms. The highest BCUT2D eigenvalue weighted by atomic mass is 16.4. The van der Waals surface area contributed by atoms with Gasteiger partial charge in [0.2, 0.25) is 11.8 Å². The molecule has 2 saturated heterocycles. The van der Waals surface area contributed by atoms with E-state index in [1.807, 2.05) is 4.90 Å². The van der Waals surface area contributed by atoms with Gasteiger partial charge in [0.25, 0.3) is 0 Å². The largest absolute Gasteiger partial charge is 0.480 e. The zero-order valence-electron chi connectivity index (χ0n) is 27.8. The van der Waals surface area contributed by atoms with E-state index in [0.717, 1.165) is 32.4 Å². The second kappa shape index (κ2) is 21.6. The van der Waals surface area contributed by atoms with Crippen LogP contribution < -0.4 is 16.0 Å². The van der Waals surface area contributed by atoms with Crippen LogP contribution in [-0.2, 0) is 28.8 Å². The number of piperidine rings is 1. The average Bonchev–Trinajstić information content (AvgIpc) is 2.99. The molecule has 0 aromatic heterocycles. The first-order valence-corrected chi connectivity index (χ1v) is 16.3. The van der Waals surface area contributed by atoms with Gasteiger partial charge in [-0.3, -0.25) is 53.3 Å². The van der Waals surface area contributed by atoms with Crippen molar-refractivity contribution in [3.63, 3.8) is 0 Å². The third-order valence-corrected chi connectivity index (χ3v) is 8.63. The van der Waals surface area contributed by atoms with Crippen LogP contribution in [0.5, 0.6) is 0 Å². The number of carbonyl (C=O) groups is 6. The fourth-order valence-corrected chi connectivity index (χ4v) is 5.91. The quantitative estimate of drug-likeness (QED) is 0.0849. The molecule has 0 aromatic rings. The number of likely N-dealkylation sites (tertiary alicyclic amines) is 1. The van der Waals surface area contributed by atoms with Gasteiger partial charge in [-0.25, -0.2) is 0 Å². The van der Waals surface area contributed by atoms with Crippen molar-refractivity contribution < 1.29 is 44.1 Å². The molecule has 0 radical (unpaired) electrons. The molecule has 2 aliphatic rings. The molecule has 1 unspecified atom stereocenters. The number of ketones is 1. The van der Waals surface area contributed by atoms with Crippen LogP contribution in [0.15, 0.2) is 0 Å². The predicted molar refractivity (Wildman–Crippen MR) is 172 cm³/mol. The van der Waals surface area contributed by atoms with Crippen LogP contribution in [0.2, 0.25) is 0 Å². The maximum absolute atomic E-state index is 12.8. The summed E-state index contributed by atoms with van der Waals surface area (Å²) in [6.07, 6.45) is 2.66. The molecule has 17 heteroatoms. The monoisotopic (exact) mass is 670 g/mol. The molecule has 2 fully saturated rings. The first-order valence-electron chi connectivity index (χ1n) is 16.3. The lowest BCUT2D eigenvalue weighted by Crippen LogP contribution is -2.50. The van der Waals surface area contributed by atoms with Crippen molar-refractivity contribution in [1.29, 1.82) is 0 Å². The smallest absolute Gasteiger partial charge is 0.317 e. The summed E-state index contributed by atoms with van der Waals surface area (Å²) in [6, 6.07) is -0.131. The molecule has 268 valence electrons. The lowest BCUT2D eigenvalue weighted by atomic mass is 9.89. The maximum atomic E-state index is 12.8. The number of amides is 2. The van der Waals surface area contributed by atoms with Crippen LogP contribution in [-0.4, -0.2) is 200 Å². The summed E-state index contributed by atoms with van der Waals surface area (Å²) < 4.78 is 0. The zero-order valence-corrected chi connectivity index (χ0v) is 27.8. The number of nitrogens with zero attached hydrogens (tertiary/aromatic N) is 5. The van der Waals surface area contributed by atoms with Crippen molar-refractivity contribution >= 4 is 35.5 Å². The van der Waals surface area contributed by atoms with Gasteiger partial charge in [0.15, 0.2) is 0 Å². The Labute approximate surface area is 276 Å².